The van der Waals surface area contributed by atoms with Crippen molar-refractivity contribution in [3.63, 3.8) is 0 Å². The van der Waals surface area contributed by atoms with Gasteiger partial charge >= 0.3 is 0 Å². The first-order chi connectivity index (χ1) is 6.68. The molecule has 5 nitrogen and oxygen atoms in total. The van der Waals surface area contributed by atoms with Crippen molar-refractivity contribution >= 4 is 10.0 Å². The molecular weight excluding hydrogens is 216 g/mol. The van der Waals surface area contributed by atoms with E-state index in [1.807, 2.05) is 13.8 Å². The van der Waals surface area contributed by atoms with E-state index in [0.29, 0.717) is 6.42 Å². The number of rotatable bonds is 6. The molecule has 2 N–H and O–H groups in total. The van der Waals surface area contributed by atoms with Crippen LogP contribution < -0.4 is 4.72 Å². The fraction of sp³-hybridized carbons (Fsp3) is 0.889. The van der Waals surface area contributed by atoms with Crippen molar-refractivity contribution in [2.24, 2.45) is 5.92 Å². The van der Waals surface area contributed by atoms with E-state index in [1.54, 1.807) is 13.0 Å². The van der Waals surface area contributed by atoms with Crippen LogP contribution in [0.1, 0.15) is 27.2 Å². The molecule has 0 aromatic carbocycles. The molecule has 1 unspecified atom stereocenters. The lowest BCUT2D eigenvalue weighted by Gasteiger charge is -2.25. The van der Waals surface area contributed by atoms with Gasteiger partial charge in [-0.1, -0.05) is 13.8 Å². The van der Waals surface area contributed by atoms with Gasteiger partial charge in [0.15, 0.2) is 5.75 Å². The van der Waals surface area contributed by atoms with Crippen LogP contribution in [0.2, 0.25) is 0 Å². The van der Waals surface area contributed by atoms with E-state index >= 15 is 0 Å². The highest BCUT2D eigenvalue weighted by molar-refractivity contribution is 7.89. The van der Waals surface area contributed by atoms with Crippen molar-refractivity contribution in [1.82, 2.24) is 4.72 Å². The first kappa shape index (κ1) is 14.4. The molecule has 0 bridgehead atoms. The predicted octanol–water partition coefficient (Wildman–Crippen LogP) is 0.226. The van der Waals surface area contributed by atoms with Crippen LogP contribution in [0.4, 0.5) is 0 Å². The van der Waals surface area contributed by atoms with Crippen molar-refractivity contribution in [3.05, 3.63) is 0 Å². The van der Waals surface area contributed by atoms with E-state index in [4.69, 9.17) is 5.26 Å². The van der Waals surface area contributed by atoms with Gasteiger partial charge < -0.3 is 5.11 Å². The molecule has 0 amide bonds. The van der Waals surface area contributed by atoms with Crippen LogP contribution in [-0.4, -0.2) is 31.4 Å². The number of nitrogens with zero attached hydrogens (tertiary/aromatic N) is 1. The molecule has 0 saturated heterocycles. The van der Waals surface area contributed by atoms with Crippen LogP contribution in [0.3, 0.4) is 0 Å². The maximum Gasteiger partial charge on any atom is 0.225 e. The summed E-state index contributed by atoms with van der Waals surface area (Å²) in [6, 6.07) is 1.55. The molecule has 0 aliphatic rings. The lowest BCUT2D eigenvalue weighted by Crippen LogP contribution is -2.42. The van der Waals surface area contributed by atoms with Crippen LogP contribution in [0, 0.1) is 17.2 Å². The quantitative estimate of drug-likeness (QED) is 0.688. The van der Waals surface area contributed by atoms with E-state index in [9.17, 15) is 13.5 Å². The van der Waals surface area contributed by atoms with Crippen molar-refractivity contribution in [2.75, 3.05) is 12.3 Å². The zero-order valence-electron chi connectivity index (χ0n) is 9.32. The number of sulfonamides is 1. The SMILES string of the molecule is CC(C)CC(C)(O)CNS(=O)(=O)CC#N. The minimum atomic E-state index is -3.57. The van der Waals surface area contributed by atoms with E-state index in [2.05, 4.69) is 4.72 Å². The molecule has 6 heteroatoms. The van der Waals surface area contributed by atoms with Crippen molar-refractivity contribution in [1.29, 1.82) is 5.26 Å². The molecule has 0 spiro atoms. The molecule has 0 saturated carbocycles. The summed E-state index contributed by atoms with van der Waals surface area (Å²) in [4.78, 5) is 0. The van der Waals surface area contributed by atoms with Crippen LogP contribution in [0.15, 0.2) is 0 Å². The molecule has 0 fully saturated rings. The minimum Gasteiger partial charge on any atom is -0.389 e. The third-order valence-corrected chi connectivity index (χ3v) is 2.87. The van der Waals surface area contributed by atoms with Gasteiger partial charge in [-0.3, -0.25) is 0 Å². The highest BCUT2D eigenvalue weighted by Crippen LogP contribution is 2.15. The molecule has 0 rings (SSSR count). The van der Waals surface area contributed by atoms with Gasteiger partial charge in [0, 0.05) is 6.54 Å². The predicted molar refractivity (Wildman–Crippen MR) is 57.5 cm³/mol. The average Bonchev–Trinajstić information content (AvgIpc) is 1.99. The van der Waals surface area contributed by atoms with E-state index in [-0.39, 0.29) is 12.5 Å². The number of nitriles is 1. The topological polar surface area (TPSA) is 90.2 Å². The lowest BCUT2D eigenvalue weighted by molar-refractivity contribution is 0.0437. The fourth-order valence-corrected chi connectivity index (χ4v) is 2.16. The van der Waals surface area contributed by atoms with Gasteiger partial charge in [-0.05, 0) is 19.3 Å². The Balaban J connectivity index is 4.21. The Morgan fingerprint density at radius 2 is 2.07 bits per heavy atom. The van der Waals surface area contributed by atoms with E-state index in [1.165, 1.54) is 0 Å². The molecule has 0 aliphatic carbocycles. The molecule has 15 heavy (non-hydrogen) atoms. The van der Waals surface area contributed by atoms with Crippen LogP contribution in [0.25, 0.3) is 0 Å². The van der Waals surface area contributed by atoms with Gasteiger partial charge in [0.1, 0.15) is 0 Å². The Hall–Kier alpha value is -0.640. The Morgan fingerprint density at radius 1 is 1.53 bits per heavy atom. The van der Waals surface area contributed by atoms with E-state index in [0.717, 1.165) is 0 Å². The standard InChI is InChI=1S/C9H18N2O3S/c1-8(2)6-9(3,12)7-11-15(13,14)5-4-10/h8,11-12H,5-7H2,1-3H3. The molecule has 0 aromatic rings. The van der Waals surface area contributed by atoms with E-state index < -0.39 is 21.4 Å². The second-order valence-electron chi connectivity index (χ2n) is 4.33. The number of hydrogen-bond acceptors (Lipinski definition) is 4. The van der Waals surface area contributed by atoms with Gasteiger partial charge in [-0.25, -0.2) is 13.1 Å². The molecular formula is C9H18N2O3S. The Kier molecular flexibility index (Phi) is 5.21. The average molecular weight is 234 g/mol. The zero-order valence-corrected chi connectivity index (χ0v) is 10.1. The number of aliphatic hydroxyl groups is 1. The van der Waals surface area contributed by atoms with Crippen molar-refractivity contribution in [3.8, 4) is 6.07 Å². The zero-order chi connectivity index (χ0) is 12.1. The van der Waals surface area contributed by atoms with Gasteiger partial charge in [-0.15, -0.1) is 0 Å². The molecule has 0 aromatic heterocycles. The van der Waals surface area contributed by atoms with Gasteiger partial charge in [-0.2, -0.15) is 5.26 Å². The Morgan fingerprint density at radius 3 is 2.47 bits per heavy atom. The van der Waals surface area contributed by atoms with Gasteiger partial charge in [0.2, 0.25) is 10.0 Å². The largest absolute Gasteiger partial charge is 0.389 e. The van der Waals surface area contributed by atoms with Crippen LogP contribution >= 0.6 is 0 Å². The normalized spacial score (nSPS) is 16.0. The summed E-state index contributed by atoms with van der Waals surface area (Å²) in [5.74, 6) is -0.300. The van der Waals surface area contributed by atoms with Gasteiger partial charge in [0.25, 0.3) is 0 Å². The van der Waals surface area contributed by atoms with Gasteiger partial charge in [0.05, 0.1) is 11.7 Å². The Bertz CT molecular complexity index is 328. The molecule has 0 heterocycles. The van der Waals surface area contributed by atoms with Crippen LogP contribution in [-0.2, 0) is 10.0 Å². The number of nitrogens with one attached hydrogen (secondary N) is 1. The minimum absolute atomic E-state index is 0.0603. The lowest BCUT2D eigenvalue weighted by atomic mass is 9.95. The van der Waals surface area contributed by atoms with Crippen molar-refractivity contribution < 1.29 is 13.5 Å². The number of hydrogen-bond donors (Lipinski definition) is 2. The highest BCUT2D eigenvalue weighted by atomic mass is 32.2. The first-order valence-electron chi connectivity index (χ1n) is 4.75. The molecule has 88 valence electrons. The summed E-state index contributed by atoms with van der Waals surface area (Å²) in [5.41, 5.74) is -1.07. The second-order valence-corrected chi connectivity index (χ2v) is 6.14. The molecule has 0 aliphatic heterocycles. The summed E-state index contributed by atoms with van der Waals surface area (Å²) in [6.45, 7) is 5.40. The maximum atomic E-state index is 11.1. The summed E-state index contributed by atoms with van der Waals surface area (Å²) in [6.07, 6.45) is 0.502. The molecule has 0 radical (unpaired) electrons. The van der Waals surface area contributed by atoms with Crippen LogP contribution in [0.5, 0.6) is 0 Å². The Labute approximate surface area is 91.2 Å². The summed E-state index contributed by atoms with van der Waals surface area (Å²) < 4.78 is 24.4. The third-order valence-electron chi connectivity index (χ3n) is 1.78. The fourth-order valence-electron chi connectivity index (χ4n) is 1.35. The molecule has 1 atom stereocenters. The first-order valence-corrected chi connectivity index (χ1v) is 6.40. The highest BCUT2D eigenvalue weighted by Gasteiger charge is 2.24. The monoisotopic (exact) mass is 234 g/mol. The smallest absolute Gasteiger partial charge is 0.225 e. The maximum absolute atomic E-state index is 11.1. The second kappa shape index (κ2) is 5.45. The summed E-state index contributed by atoms with van der Waals surface area (Å²) >= 11 is 0. The third kappa shape index (κ3) is 7.31. The summed E-state index contributed by atoms with van der Waals surface area (Å²) in [7, 11) is -3.57. The van der Waals surface area contributed by atoms with Crippen molar-refractivity contribution in [2.45, 2.75) is 32.8 Å². The summed E-state index contributed by atoms with van der Waals surface area (Å²) in [5, 5.41) is 18.1.